The number of benzene rings is 1. The van der Waals surface area contributed by atoms with Crippen LogP contribution in [0.1, 0.15) is 24.8 Å². The van der Waals surface area contributed by atoms with E-state index in [2.05, 4.69) is 42.1 Å². The fourth-order valence-electron chi connectivity index (χ4n) is 1.91. The summed E-state index contributed by atoms with van der Waals surface area (Å²) >= 11 is 0. The summed E-state index contributed by atoms with van der Waals surface area (Å²) in [6, 6.07) is 10.5. The van der Waals surface area contributed by atoms with Crippen LogP contribution in [0, 0.1) is 0 Å². The third kappa shape index (κ3) is 3.65. The molecule has 2 heteroatoms. The summed E-state index contributed by atoms with van der Waals surface area (Å²) in [5.74, 6) is 0. The molecule has 0 spiro atoms. The van der Waals surface area contributed by atoms with E-state index < -0.39 is 0 Å². The van der Waals surface area contributed by atoms with Gasteiger partial charge in [-0.1, -0.05) is 42.1 Å². The molecule has 1 aliphatic rings. The highest BCUT2D eigenvalue weighted by molar-refractivity contribution is 6.44. The molecule has 2 rings (SSSR count). The highest BCUT2D eigenvalue weighted by Crippen LogP contribution is 2.12. The molecule has 0 amide bonds. The highest BCUT2D eigenvalue weighted by atomic mass is 28.2. The second kappa shape index (κ2) is 5.88. The van der Waals surface area contributed by atoms with Crippen LogP contribution < -0.4 is 0 Å². The maximum Gasteiger partial charge on any atom is 0.0796 e. The van der Waals surface area contributed by atoms with Crippen molar-refractivity contribution in [1.82, 2.24) is 0 Å². The average Bonchev–Trinajstić information content (AvgIpc) is 2.32. The van der Waals surface area contributed by atoms with E-state index in [1.54, 1.807) is 0 Å². The van der Waals surface area contributed by atoms with Crippen LogP contribution in [0.3, 0.4) is 0 Å². The Morgan fingerprint density at radius 3 is 2.80 bits per heavy atom. The average molecular weight is 218 g/mol. The van der Waals surface area contributed by atoms with Crippen molar-refractivity contribution in [3.05, 3.63) is 41.6 Å². The van der Waals surface area contributed by atoms with E-state index in [0.29, 0.717) is 5.73 Å². The summed E-state index contributed by atoms with van der Waals surface area (Å²) in [7, 11) is -0.181. The van der Waals surface area contributed by atoms with Crippen molar-refractivity contribution in [3.8, 4) is 0 Å². The molecular weight excluding hydrogens is 200 g/mol. The predicted octanol–water partition coefficient (Wildman–Crippen LogP) is 2.35. The number of rotatable bonds is 3. The Bertz CT molecular complexity index is 302. The van der Waals surface area contributed by atoms with Gasteiger partial charge in [0, 0.05) is 12.3 Å². The van der Waals surface area contributed by atoms with Gasteiger partial charge in [-0.25, -0.2) is 0 Å². The van der Waals surface area contributed by atoms with Gasteiger partial charge in [0.1, 0.15) is 0 Å². The third-order valence-electron chi connectivity index (χ3n) is 2.78. The molecule has 1 atom stereocenters. The number of hydrogen-bond acceptors (Lipinski definition) is 1. The van der Waals surface area contributed by atoms with Crippen molar-refractivity contribution in [2.45, 2.75) is 25.0 Å². The molecule has 1 aromatic rings. The van der Waals surface area contributed by atoms with Crippen LogP contribution in [0.5, 0.6) is 0 Å². The molecule has 0 aliphatic carbocycles. The van der Waals surface area contributed by atoms with Gasteiger partial charge in [-0.05, 0) is 24.8 Å². The highest BCUT2D eigenvalue weighted by Gasteiger charge is 2.11. The minimum Gasteiger partial charge on any atom is -0.382 e. The van der Waals surface area contributed by atoms with Gasteiger partial charge < -0.3 is 4.74 Å². The summed E-state index contributed by atoms with van der Waals surface area (Å²) in [5.41, 5.74) is 4.27. The van der Waals surface area contributed by atoms with Gasteiger partial charge in [0.05, 0.1) is 9.52 Å². The van der Waals surface area contributed by atoms with E-state index in [1.807, 2.05) is 0 Å². The van der Waals surface area contributed by atoms with Crippen LogP contribution in [0.25, 0.3) is 6.08 Å². The molecule has 1 heterocycles. The summed E-state index contributed by atoms with van der Waals surface area (Å²) in [4.78, 5) is 0. The van der Waals surface area contributed by atoms with Crippen molar-refractivity contribution < 1.29 is 4.74 Å². The molecule has 0 N–H and O–H groups in total. The van der Waals surface area contributed by atoms with Crippen LogP contribution >= 0.6 is 0 Å². The quantitative estimate of drug-likeness (QED) is 0.708. The first-order chi connectivity index (χ1) is 7.45. The fraction of sp³-hybridized carbons (Fsp3) is 0.385. The van der Waals surface area contributed by atoms with Gasteiger partial charge in [-0.15, -0.1) is 0 Å². The summed E-state index contributed by atoms with van der Waals surface area (Å²) < 4.78 is 5.73. The van der Waals surface area contributed by atoms with E-state index in [0.717, 1.165) is 6.61 Å². The Morgan fingerprint density at radius 1 is 1.20 bits per heavy atom. The fourth-order valence-corrected chi connectivity index (χ4v) is 3.45. The van der Waals surface area contributed by atoms with Gasteiger partial charge >= 0.3 is 0 Å². The van der Waals surface area contributed by atoms with Crippen molar-refractivity contribution in [2.75, 3.05) is 6.61 Å². The van der Waals surface area contributed by atoms with Crippen LogP contribution in [-0.2, 0) is 4.74 Å². The molecule has 1 nitrogen and oxygen atoms in total. The van der Waals surface area contributed by atoms with Gasteiger partial charge in [0.15, 0.2) is 0 Å². The lowest BCUT2D eigenvalue weighted by Gasteiger charge is -2.20. The van der Waals surface area contributed by atoms with Crippen molar-refractivity contribution in [1.29, 1.82) is 0 Å². The van der Waals surface area contributed by atoms with Crippen LogP contribution in [0.4, 0.5) is 0 Å². The first-order valence-electron chi connectivity index (χ1n) is 5.78. The molecule has 0 bridgehead atoms. The van der Waals surface area contributed by atoms with E-state index in [9.17, 15) is 0 Å². The third-order valence-corrected chi connectivity index (χ3v) is 4.46. The maximum atomic E-state index is 5.73. The minimum absolute atomic E-state index is 0.181. The van der Waals surface area contributed by atoms with Gasteiger partial charge in [0.2, 0.25) is 0 Å². The van der Waals surface area contributed by atoms with E-state index in [4.69, 9.17) is 4.74 Å². The molecule has 80 valence electrons. The lowest BCUT2D eigenvalue weighted by Crippen LogP contribution is -2.24. The Labute approximate surface area is 94.0 Å². The summed E-state index contributed by atoms with van der Waals surface area (Å²) in [5, 5.41) is 0. The van der Waals surface area contributed by atoms with Crippen LogP contribution in [0.2, 0.25) is 0 Å². The molecule has 1 fully saturated rings. The maximum absolute atomic E-state index is 5.73. The Balaban J connectivity index is 1.79. The minimum atomic E-state index is -0.181. The zero-order chi connectivity index (χ0) is 10.3. The molecule has 15 heavy (non-hydrogen) atoms. The zero-order valence-corrected chi connectivity index (χ0v) is 10.5. The molecule has 1 aliphatic heterocycles. The summed E-state index contributed by atoms with van der Waals surface area (Å²) in [6.07, 6.45) is 6.14. The van der Waals surface area contributed by atoms with Gasteiger partial charge in [0.25, 0.3) is 0 Å². The lowest BCUT2D eigenvalue weighted by molar-refractivity contribution is 0.0659. The second-order valence-corrected chi connectivity index (χ2v) is 5.89. The van der Waals surface area contributed by atoms with Crippen LogP contribution in [-0.4, -0.2) is 21.9 Å². The van der Waals surface area contributed by atoms with Crippen molar-refractivity contribution in [2.24, 2.45) is 0 Å². The molecular formula is C13H18OSi. The van der Waals surface area contributed by atoms with E-state index >= 15 is 0 Å². The van der Waals surface area contributed by atoms with Crippen molar-refractivity contribution in [3.63, 3.8) is 0 Å². The molecule has 1 saturated heterocycles. The Morgan fingerprint density at radius 2 is 2.07 bits per heavy atom. The van der Waals surface area contributed by atoms with Gasteiger partial charge in [-0.2, -0.15) is 0 Å². The number of hydrogen-bond donors (Lipinski definition) is 0. The molecule has 1 aromatic carbocycles. The summed E-state index contributed by atoms with van der Waals surface area (Å²) in [6.45, 7) is 0.983. The standard InChI is InChI=1S/C13H18OSi/c1-2-6-12(7-3-1)9-11-15-13-8-4-5-10-14-13/h1-3,6-7,9,11,13H,4-5,8,10,15H2. The lowest BCUT2D eigenvalue weighted by atomic mass is 10.2. The first-order valence-corrected chi connectivity index (χ1v) is 7.41. The van der Waals surface area contributed by atoms with Crippen molar-refractivity contribution >= 4 is 15.6 Å². The van der Waals surface area contributed by atoms with E-state index in [1.165, 1.54) is 24.8 Å². The molecule has 1 unspecified atom stereocenters. The normalized spacial score (nSPS) is 22.8. The SMILES string of the molecule is C(=Cc1ccccc1)[SiH2]C1CCCCO1. The Kier molecular flexibility index (Phi) is 4.18. The predicted molar refractivity (Wildman–Crippen MR) is 67.6 cm³/mol. The molecule has 0 saturated carbocycles. The monoisotopic (exact) mass is 218 g/mol. The number of ether oxygens (including phenoxy) is 1. The largest absolute Gasteiger partial charge is 0.382 e. The molecule has 0 radical (unpaired) electrons. The topological polar surface area (TPSA) is 9.23 Å². The van der Waals surface area contributed by atoms with E-state index in [-0.39, 0.29) is 9.52 Å². The first kappa shape index (κ1) is 10.6. The molecule has 0 aromatic heterocycles. The Hall–Kier alpha value is -0.863. The second-order valence-electron chi connectivity index (χ2n) is 4.04. The smallest absolute Gasteiger partial charge is 0.0796 e. The van der Waals surface area contributed by atoms with Crippen LogP contribution in [0.15, 0.2) is 36.0 Å². The zero-order valence-electron chi connectivity index (χ0n) is 9.06. The van der Waals surface area contributed by atoms with Gasteiger partial charge in [-0.3, -0.25) is 0 Å².